The molecule has 1 aliphatic rings. The van der Waals surface area contributed by atoms with Crippen molar-refractivity contribution >= 4 is 5.69 Å². The van der Waals surface area contributed by atoms with Crippen LogP contribution in [-0.4, -0.2) is 27.3 Å². The number of anilines is 1. The van der Waals surface area contributed by atoms with Crippen LogP contribution in [0.1, 0.15) is 18.9 Å². The lowest BCUT2D eigenvalue weighted by Crippen LogP contribution is -2.01. The Balaban J connectivity index is 2.13. The van der Waals surface area contributed by atoms with E-state index in [4.69, 9.17) is 10.5 Å². The molecular formula is C11H13N5O. The van der Waals surface area contributed by atoms with Gasteiger partial charge in [-0.1, -0.05) is 0 Å². The van der Waals surface area contributed by atoms with E-state index in [1.165, 1.54) is 0 Å². The van der Waals surface area contributed by atoms with Crippen LogP contribution in [0.5, 0.6) is 5.75 Å². The first-order valence-corrected chi connectivity index (χ1v) is 5.51. The Morgan fingerprint density at radius 3 is 2.94 bits per heavy atom. The smallest absolute Gasteiger partial charge is 0.186 e. The second-order valence-corrected chi connectivity index (χ2v) is 4.14. The third-order valence-corrected chi connectivity index (χ3v) is 2.85. The Kier molecular flexibility index (Phi) is 2.21. The SMILES string of the molecule is COc1ccc(N)cc1-c1nnnn1C1CC1. The van der Waals surface area contributed by atoms with Gasteiger partial charge in [0.25, 0.3) is 0 Å². The lowest BCUT2D eigenvalue weighted by Gasteiger charge is -2.08. The van der Waals surface area contributed by atoms with Crippen molar-refractivity contribution in [1.82, 2.24) is 20.2 Å². The first kappa shape index (κ1) is 10.1. The van der Waals surface area contributed by atoms with Crippen LogP contribution in [0.2, 0.25) is 0 Å². The summed E-state index contributed by atoms with van der Waals surface area (Å²) in [5, 5.41) is 11.8. The molecule has 1 aliphatic carbocycles. The zero-order chi connectivity index (χ0) is 11.8. The van der Waals surface area contributed by atoms with Gasteiger partial charge in [-0.3, -0.25) is 0 Å². The Morgan fingerprint density at radius 2 is 2.24 bits per heavy atom. The molecule has 6 heteroatoms. The van der Waals surface area contributed by atoms with Crippen molar-refractivity contribution in [3.05, 3.63) is 18.2 Å². The number of aromatic nitrogens is 4. The first-order valence-electron chi connectivity index (χ1n) is 5.51. The van der Waals surface area contributed by atoms with Crippen LogP contribution in [0.4, 0.5) is 5.69 Å². The summed E-state index contributed by atoms with van der Waals surface area (Å²) >= 11 is 0. The quantitative estimate of drug-likeness (QED) is 0.804. The Labute approximate surface area is 98.4 Å². The number of tetrazole rings is 1. The molecule has 1 heterocycles. The molecule has 0 bridgehead atoms. The van der Waals surface area contributed by atoms with Gasteiger partial charge in [-0.15, -0.1) is 5.10 Å². The minimum atomic E-state index is 0.422. The van der Waals surface area contributed by atoms with Crippen LogP contribution < -0.4 is 10.5 Å². The predicted octanol–water partition coefficient (Wildman–Crippen LogP) is 1.27. The first-order chi connectivity index (χ1) is 8.29. The molecule has 0 unspecified atom stereocenters. The van der Waals surface area contributed by atoms with E-state index in [1.807, 2.05) is 16.8 Å². The third-order valence-electron chi connectivity index (χ3n) is 2.85. The molecule has 2 aromatic rings. The minimum absolute atomic E-state index is 0.422. The maximum Gasteiger partial charge on any atom is 0.186 e. The van der Waals surface area contributed by atoms with Crippen LogP contribution >= 0.6 is 0 Å². The molecule has 0 aliphatic heterocycles. The molecule has 0 atom stereocenters. The molecule has 88 valence electrons. The Morgan fingerprint density at radius 1 is 1.41 bits per heavy atom. The summed E-state index contributed by atoms with van der Waals surface area (Å²) < 4.78 is 7.16. The highest BCUT2D eigenvalue weighted by molar-refractivity contribution is 5.68. The topological polar surface area (TPSA) is 78.8 Å². The van der Waals surface area contributed by atoms with Gasteiger partial charge in [0.15, 0.2) is 5.82 Å². The third kappa shape index (κ3) is 1.71. The monoisotopic (exact) mass is 231 g/mol. The highest BCUT2D eigenvalue weighted by atomic mass is 16.5. The van der Waals surface area contributed by atoms with Gasteiger partial charge in [0, 0.05) is 5.69 Å². The Bertz CT molecular complexity index is 547. The van der Waals surface area contributed by atoms with Crippen LogP contribution in [0.25, 0.3) is 11.4 Å². The van der Waals surface area contributed by atoms with Crippen LogP contribution in [0, 0.1) is 0 Å². The lowest BCUT2D eigenvalue weighted by molar-refractivity contribution is 0.415. The van der Waals surface area contributed by atoms with E-state index >= 15 is 0 Å². The van der Waals surface area contributed by atoms with E-state index in [1.54, 1.807) is 13.2 Å². The highest BCUT2D eigenvalue weighted by Gasteiger charge is 2.29. The molecule has 6 nitrogen and oxygen atoms in total. The summed E-state index contributed by atoms with van der Waals surface area (Å²) in [4.78, 5) is 0. The largest absolute Gasteiger partial charge is 0.496 e. The average molecular weight is 231 g/mol. The van der Waals surface area contributed by atoms with E-state index in [9.17, 15) is 0 Å². The van der Waals surface area contributed by atoms with Gasteiger partial charge in [0.05, 0.1) is 18.7 Å². The van der Waals surface area contributed by atoms with Crippen molar-refractivity contribution in [3.63, 3.8) is 0 Å². The number of nitrogens with zero attached hydrogens (tertiary/aromatic N) is 4. The number of benzene rings is 1. The van der Waals surface area contributed by atoms with Gasteiger partial charge < -0.3 is 10.5 Å². The molecule has 2 N–H and O–H groups in total. The van der Waals surface area contributed by atoms with Crippen molar-refractivity contribution in [2.24, 2.45) is 0 Å². The van der Waals surface area contributed by atoms with Crippen LogP contribution in [0.15, 0.2) is 18.2 Å². The second kappa shape index (κ2) is 3.73. The number of hydrogen-bond acceptors (Lipinski definition) is 5. The van der Waals surface area contributed by atoms with Crippen molar-refractivity contribution in [3.8, 4) is 17.1 Å². The summed E-state index contributed by atoms with van der Waals surface area (Å²) in [6.07, 6.45) is 2.26. The fourth-order valence-electron chi connectivity index (χ4n) is 1.84. The molecule has 0 radical (unpaired) electrons. The van der Waals surface area contributed by atoms with Gasteiger partial charge in [-0.25, -0.2) is 4.68 Å². The number of nitrogens with two attached hydrogens (primary N) is 1. The molecule has 1 aromatic carbocycles. The maximum absolute atomic E-state index is 5.80. The van der Waals surface area contributed by atoms with Crippen molar-refractivity contribution in [2.45, 2.75) is 18.9 Å². The number of nitrogen functional groups attached to an aromatic ring is 1. The lowest BCUT2D eigenvalue weighted by atomic mass is 10.1. The van der Waals surface area contributed by atoms with Crippen LogP contribution in [-0.2, 0) is 0 Å². The molecular weight excluding hydrogens is 218 g/mol. The molecule has 17 heavy (non-hydrogen) atoms. The summed E-state index contributed by atoms with van der Waals surface area (Å²) in [6, 6.07) is 5.89. The van der Waals surface area contributed by atoms with E-state index in [-0.39, 0.29) is 0 Å². The maximum atomic E-state index is 5.80. The standard InChI is InChI=1S/C11H13N5O/c1-17-10-5-2-7(12)6-9(10)11-13-14-15-16(11)8-3-4-8/h2,5-6,8H,3-4,12H2,1H3. The number of hydrogen-bond donors (Lipinski definition) is 1. The molecule has 3 rings (SSSR count). The number of methoxy groups -OCH3 is 1. The van der Waals surface area contributed by atoms with Crippen molar-refractivity contribution < 1.29 is 4.74 Å². The average Bonchev–Trinajstić information content (AvgIpc) is 3.07. The highest BCUT2D eigenvalue weighted by Crippen LogP contribution is 2.38. The fourth-order valence-corrected chi connectivity index (χ4v) is 1.84. The molecule has 1 fully saturated rings. The number of ether oxygens (including phenoxy) is 1. The van der Waals surface area contributed by atoms with E-state index < -0.39 is 0 Å². The summed E-state index contributed by atoms with van der Waals surface area (Å²) in [7, 11) is 1.63. The minimum Gasteiger partial charge on any atom is -0.496 e. The summed E-state index contributed by atoms with van der Waals surface area (Å²) in [5.74, 6) is 1.45. The van der Waals surface area contributed by atoms with Gasteiger partial charge in [0.2, 0.25) is 0 Å². The van der Waals surface area contributed by atoms with Gasteiger partial charge in [-0.05, 0) is 41.5 Å². The second-order valence-electron chi connectivity index (χ2n) is 4.14. The van der Waals surface area contributed by atoms with E-state index in [0.717, 1.165) is 30.0 Å². The van der Waals surface area contributed by atoms with Gasteiger partial charge >= 0.3 is 0 Å². The molecule has 0 amide bonds. The normalized spacial score (nSPS) is 14.9. The molecule has 1 aromatic heterocycles. The summed E-state index contributed by atoms with van der Waals surface area (Å²) in [6.45, 7) is 0. The molecule has 0 spiro atoms. The zero-order valence-corrected chi connectivity index (χ0v) is 9.50. The Hall–Kier alpha value is -2.11. The van der Waals surface area contributed by atoms with Crippen molar-refractivity contribution in [1.29, 1.82) is 0 Å². The molecule has 0 saturated heterocycles. The zero-order valence-electron chi connectivity index (χ0n) is 9.50. The summed E-state index contributed by atoms with van der Waals surface area (Å²) in [5.41, 5.74) is 7.31. The molecule has 1 saturated carbocycles. The van der Waals surface area contributed by atoms with E-state index in [0.29, 0.717) is 11.7 Å². The predicted molar refractivity (Wildman–Crippen MR) is 62.5 cm³/mol. The van der Waals surface area contributed by atoms with E-state index in [2.05, 4.69) is 15.5 Å². The van der Waals surface area contributed by atoms with Gasteiger partial charge in [0.1, 0.15) is 5.75 Å². The van der Waals surface area contributed by atoms with Gasteiger partial charge in [-0.2, -0.15) is 0 Å². The van der Waals surface area contributed by atoms with Crippen LogP contribution in [0.3, 0.4) is 0 Å². The fraction of sp³-hybridized carbons (Fsp3) is 0.364. The number of rotatable bonds is 3. The van der Waals surface area contributed by atoms with Crippen molar-refractivity contribution in [2.75, 3.05) is 12.8 Å².